The largest absolute Gasteiger partial charge is 0.613 e. The Labute approximate surface area is 120 Å². The number of hydrogen-bond donors (Lipinski definition) is 1. The summed E-state index contributed by atoms with van der Waals surface area (Å²) in [7, 11) is 0. The SMILES string of the molecule is CC(=O)C(O)[C@@H]1c2cc(C#N)ccc2OC(C)(C)[S+]1[O-]. The van der Waals surface area contributed by atoms with Gasteiger partial charge < -0.3 is 14.4 Å². The number of ketones is 1. The number of ether oxygens (including phenoxy) is 1. The molecule has 0 saturated heterocycles. The molecule has 0 radical (unpaired) electrons. The number of rotatable bonds is 2. The van der Waals surface area contributed by atoms with Gasteiger partial charge in [-0.15, -0.1) is 0 Å². The highest BCUT2D eigenvalue weighted by Crippen LogP contribution is 2.45. The number of Topliss-reactive ketones (excluding diaryl/α,β-unsaturated/α-hetero) is 1. The van der Waals surface area contributed by atoms with Gasteiger partial charge in [-0.05, 0) is 25.1 Å². The van der Waals surface area contributed by atoms with Gasteiger partial charge in [-0.2, -0.15) is 5.26 Å². The number of nitrogens with zero attached hydrogens (tertiary/aromatic N) is 1. The number of carbonyl (C=O) groups is 1. The van der Waals surface area contributed by atoms with E-state index in [0.29, 0.717) is 16.9 Å². The second kappa shape index (κ2) is 5.09. The van der Waals surface area contributed by atoms with Crippen molar-refractivity contribution in [3.63, 3.8) is 0 Å². The van der Waals surface area contributed by atoms with E-state index in [1.165, 1.54) is 13.0 Å². The molecule has 0 aliphatic carbocycles. The van der Waals surface area contributed by atoms with Gasteiger partial charge in [0, 0.05) is 25.0 Å². The van der Waals surface area contributed by atoms with Gasteiger partial charge >= 0.3 is 0 Å². The van der Waals surface area contributed by atoms with E-state index in [1.807, 2.05) is 6.07 Å². The second-order valence-corrected chi connectivity index (χ2v) is 7.23. The van der Waals surface area contributed by atoms with Crippen molar-refractivity contribution in [3.8, 4) is 11.8 Å². The summed E-state index contributed by atoms with van der Waals surface area (Å²) < 4.78 is 18.2. The van der Waals surface area contributed by atoms with Gasteiger partial charge in [0.05, 0.1) is 17.2 Å². The molecule has 0 fully saturated rings. The summed E-state index contributed by atoms with van der Waals surface area (Å²) in [5, 5.41) is 18.1. The van der Waals surface area contributed by atoms with Gasteiger partial charge in [0.15, 0.2) is 17.1 Å². The molecule has 5 nitrogen and oxygen atoms in total. The third-order valence-corrected chi connectivity index (χ3v) is 5.24. The molecule has 2 rings (SSSR count). The van der Waals surface area contributed by atoms with Crippen molar-refractivity contribution in [1.82, 2.24) is 0 Å². The highest BCUT2D eigenvalue weighted by molar-refractivity contribution is 7.93. The minimum Gasteiger partial charge on any atom is -0.613 e. The first-order chi connectivity index (χ1) is 9.27. The van der Waals surface area contributed by atoms with Crippen LogP contribution in [0.25, 0.3) is 0 Å². The van der Waals surface area contributed by atoms with Crippen LogP contribution in [0, 0.1) is 11.3 Å². The Morgan fingerprint density at radius 2 is 2.25 bits per heavy atom. The van der Waals surface area contributed by atoms with Crippen molar-refractivity contribution < 1.29 is 19.2 Å². The van der Waals surface area contributed by atoms with Crippen LogP contribution >= 0.6 is 0 Å². The predicted molar refractivity (Wildman–Crippen MR) is 73.4 cm³/mol. The summed E-state index contributed by atoms with van der Waals surface area (Å²) in [5.41, 5.74) is 0.800. The molecule has 1 N–H and O–H groups in total. The van der Waals surface area contributed by atoms with Crippen LogP contribution in [0.3, 0.4) is 0 Å². The number of hydrogen-bond acceptors (Lipinski definition) is 5. The first kappa shape index (κ1) is 14.9. The van der Waals surface area contributed by atoms with E-state index in [1.54, 1.807) is 26.0 Å². The molecule has 106 valence electrons. The lowest BCUT2D eigenvalue weighted by Crippen LogP contribution is -2.49. The summed E-state index contributed by atoms with van der Waals surface area (Å²) in [5.74, 6) is -0.0201. The number of nitriles is 1. The number of fused-ring (bicyclic) bond motifs is 1. The molecule has 3 atom stereocenters. The van der Waals surface area contributed by atoms with E-state index < -0.39 is 33.2 Å². The third-order valence-electron chi connectivity index (χ3n) is 3.22. The fourth-order valence-electron chi connectivity index (χ4n) is 2.16. The van der Waals surface area contributed by atoms with Crippen LogP contribution < -0.4 is 4.74 Å². The van der Waals surface area contributed by atoms with E-state index in [2.05, 4.69) is 0 Å². The molecule has 0 bridgehead atoms. The van der Waals surface area contributed by atoms with Crippen molar-refractivity contribution in [2.75, 3.05) is 0 Å². The van der Waals surface area contributed by atoms with Crippen LogP contribution in [0.2, 0.25) is 0 Å². The van der Waals surface area contributed by atoms with Crippen LogP contribution in [-0.4, -0.2) is 26.5 Å². The van der Waals surface area contributed by atoms with Crippen molar-refractivity contribution >= 4 is 17.0 Å². The second-order valence-electron chi connectivity index (χ2n) is 5.14. The van der Waals surface area contributed by atoms with Gasteiger partial charge in [-0.1, -0.05) is 0 Å². The fraction of sp³-hybridized carbons (Fsp3) is 0.429. The molecule has 0 aromatic heterocycles. The minimum absolute atomic E-state index is 0.366. The van der Waals surface area contributed by atoms with Crippen molar-refractivity contribution in [1.29, 1.82) is 5.26 Å². The maximum atomic E-state index is 12.5. The number of aliphatic hydroxyl groups excluding tert-OH is 1. The normalized spacial score (nSPS) is 25.0. The lowest BCUT2D eigenvalue weighted by molar-refractivity contribution is -0.125. The molecule has 1 aromatic carbocycles. The summed E-state index contributed by atoms with van der Waals surface area (Å²) in [6, 6.07) is 6.68. The summed E-state index contributed by atoms with van der Waals surface area (Å²) in [6.07, 6.45) is -1.38. The molecule has 1 aliphatic heterocycles. The summed E-state index contributed by atoms with van der Waals surface area (Å²) in [6.45, 7) is 4.53. The Morgan fingerprint density at radius 1 is 1.60 bits per heavy atom. The Morgan fingerprint density at radius 3 is 2.80 bits per heavy atom. The Balaban J connectivity index is 2.60. The van der Waals surface area contributed by atoms with E-state index in [9.17, 15) is 14.5 Å². The van der Waals surface area contributed by atoms with Gasteiger partial charge in [-0.3, -0.25) is 4.79 Å². The van der Waals surface area contributed by atoms with Crippen molar-refractivity contribution in [2.45, 2.75) is 37.1 Å². The number of carbonyl (C=O) groups excluding carboxylic acids is 1. The predicted octanol–water partition coefficient (Wildman–Crippen LogP) is 1.43. The molecule has 6 heteroatoms. The zero-order valence-corrected chi connectivity index (χ0v) is 12.2. The standard InChI is InChI=1S/C14H15NO4S/c1-8(16)12(17)13-10-6-9(7-15)4-5-11(10)19-14(2,3)20(13)18/h4-6,12-13,17H,1-3H3/t12?,13-,20?/m0/s1. The average Bonchev–Trinajstić information content (AvgIpc) is 2.38. The van der Waals surface area contributed by atoms with E-state index in [-0.39, 0.29) is 0 Å². The maximum Gasteiger partial charge on any atom is 0.258 e. The lowest BCUT2D eigenvalue weighted by Gasteiger charge is -2.40. The number of benzene rings is 1. The first-order valence-corrected chi connectivity index (χ1v) is 7.31. The van der Waals surface area contributed by atoms with Crippen molar-refractivity contribution in [3.05, 3.63) is 29.3 Å². The zero-order chi connectivity index (χ0) is 15.1. The quantitative estimate of drug-likeness (QED) is 0.832. The maximum absolute atomic E-state index is 12.5. The molecule has 1 aromatic rings. The summed E-state index contributed by atoms with van der Waals surface area (Å²) >= 11 is -1.61. The van der Waals surface area contributed by atoms with Crippen LogP contribution in [0.1, 0.15) is 37.1 Å². The molecule has 1 heterocycles. The molecule has 1 aliphatic rings. The topological polar surface area (TPSA) is 93.4 Å². The van der Waals surface area contributed by atoms with Gasteiger partial charge in [0.1, 0.15) is 5.75 Å². The summed E-state index contributed by atoms with van der Waals surface area (Å²) in [4.78, 5) is 10.5. The Hall–Kier alpha value is -1.55. The lowest BCUT2D eigenvalue weighted by atomic mass is 10.0. The van der Waals surface area contributed by atoms with Gasteiger partial charge in [0.2, 0.25) is 0 Å². The molecular weight excluding hydrogens is 278 g/mol. The monoisotopic (exact) mass is 293 g/mol. The molecular formula is C14H15NO4S. The zero-order valence-electron chi connectivity index (χ0n) is 11.4. The minimum atomic E-state index is -1.61. The molecule has 0 spiro atoms. The van der Waals surface area contributed by atoms with Gasteiger partial charge in [0.25, 0.3) is 4.93 Å². The first-order valence-electron chi connectivity index (χ1n) is 6.10. The van der Waals surface area contributed by atoms with E-state index in [0.717, 1.165) is 0 Å². The third kappa shape index (κ3) is 2.40. The van der Waals surface area contributed by atoms with Crippen molar-refractivity contribution in [2.24, 2.45) is 0 Å². The average molecular weight is 293 g/mol. The van der Waals surface area contributed by atoms with E-state index in [4.69, 9.17) is 10.00 Å². The molecule has 2 unspecified atom stereocenters. The van der Waals surface area contributed by atoms with Crippen LogP contribution in [0.4, 0.5) is 0 Å². The molecule has 0 amide bonds. The Kier molecular flexibility index (Phi) is 3.78. The van der Waals surface area contributed by atoms with Crippen LogP contribution in [0.5, 0.6) is 5.75 Å². The Bertz CT molecular complexity index is 593. The highest BCUT2D eigenvalue weighted by Gasteiger charge is 2.51. The highest BCUT2D eigenvalue weighted by atomic mass is 32.2. The molecule has 0 saturated carbocycles. The van der Waals surface area contributed by atoms with E-state index >= 15 is 0 Å². The van der Waals surface area contributed by atoms with Crippen LogP contribution in [-0.2, 0) is 16.0 Å². The number of aliphatic hydroxyl groups is 1. The van der Waals surface area contributed by atoms with Crippen LogP contribution in [0.15, 0.2) is 18.2 Å². The molecule has 20 heavy (non-hydrogen) atoms. The fourth-order valence-corrected chi connectivity index (χ4v) is 3.78. The smallest absolute Gasteiger partial charge is 0.258 e. The van der Waals surface area contributed by atoms with Gasteiger partial charge in [-0.25, -0.2) is 0 Å².